The second-order valence-corrected chi connectivity index (χ2v) is 7.66. The van der Waals surface area contributed by atoms with Gasteiger partial charge in [-0.05, 0) is 18.2 Å². The van der Waals surface area contributed by atoms with Crippen molar-refractivity contribution in [3.05, 3.63) is 29.8 Å². The molecule has 2 rings (SSSR count). The number of amides is 4. The zero-order chi connectivity index (χ0) is 23.2. The predicted molar refractivity (Wildman–Crippen MR) is 109 cm³/mol. The van der Waals surface area contributed by atoms with Crippen molar-refractivity contribution >= 4 is 40.0 Å². The third-order valence-corrected chi connectivity index (χ3v) is 5.05. The fraction of sp³-hybridized carbons (Fsp3) is 0.235. The Bertz CT molecular complexity index is 1090. The summed E-state index contributed by atoms with van der Waals surface area (Å²) in [4.78, 5) is 43.8. The minimum Gasteiger partial charge on any atom is -0.481 e. The topological polar surface area (TPSA) is 169 Å². The molecule has 3 N–H and O–H groups in total. The van der Waals surface area contributed by atoms with Crippen molar-refractivity contribution in [1.29, 1.82) is 0 Å². The number of benzene rings is 1. The van der Waals surface area contributed by atoms with Crippen LogP contribution in [0, 0.1) is 0 Å². The fourth-order valence-electron chi connectivity index (χ4n) is 2.29. The number of carbonyl (C=O) groups is 3. The molecule has 1 heterocycles. The van der Waals surface area contributed by atoms with Gasteiger partial charge < -0.3 is 19.7 Å². The molecule has 1 aromatic heterocycles. The molecule has 2 aromatic rings. The Hall–Kier alpha value is -2.94. The number of aromatic nitrogens is 2. The van der Waals surface area contributed by atoms with Crippen LogP contribution in [0.2, 0.25) is 0 Å². The number of urea groups is 1. The van der Waals surface area contributed by atoms with E-state index in [2.05, 4.69) is 20.6 Å². The quantitative estimate of drug-likeness (QED) is 0.271. The number of ether oxygens (including phenoxy) is 2. The molecule has 0 aliphatic rings. The van der Waals surface area contributed by atoms with E-state index in [1.165, 1.54) is 46.5 Å². The van der Waals surface area contributed by atoms with Gasteiger partial charge in [0.15, 0.2) is 0 Å². The maximum Gasteiger partial charge on any atom is 1.00 e. The van der Waals surface area contributed by atoms with Gasteiger partial charge in [0.2, 0.25) is 24.1 Å². The molecule has 0 radical (unpaired) electrons. The van der Waals surface area contributed by atoms with Gasteiger partial charge in [0, 0.05) is 19.8 Å². The first-order valence-electron chi connectivity index (χ1n) is 8.48. The van der Waals surface area contributed by atoms with Crippen molar-refractivity contribution in [3.63, 3.8) is 0 Å². The van der Waals surface area contributed by atoms with Crippen LogP contribution in [0.15, 0.2) is 29.2 Å². The van der Waals surface area contributed by atoms with E-state index in [0.29, 0.717) is 6.41 Å². The molecule has 4 amide bonds. The molecule has 1 aromatic carbocycles. The summed E-state index contributed by atoms with van der Waals surface area (Å²) in [6.45, 7) is 0. The molecule has 0 saturated heterocycles. The average molecular weight is 475 g/mol. The standard InChI is InChI=1S/C17H20N6O7S.Na/c1-23(2)15(25)11-6-5-10(18-9-24)7-12(11)31(27,28)22-17(26)21-16-19-13(29-3)8-14(20-16)30-4;/h5-9H,1-4H3,(H,18,24)(H2,19,20,21,22,26);/q;+1. The van der Waals surface area contributed by atoms with Gasteiger partial charge in [-0.1, -0.05) is 0 Å². The summed E-state index contributed by atoms with van der Waals surface area (Å²) in [5.74, 6) is -0.780. The zero-order valence-electron chi connectivity index (χ0n) is 18.0. The minimum atomic E-state index is -4.54. The van der Waals surface area contributed by atoms with Crippen LogP contribution in [0.25, 0.3) is 0 Å². The average Bonchev–Trinajstić information content (AvgIpc) is 2.72. The molecule has 0 saturated carbocycles. The van der Waals surface area contributed by atoms with Gasteiger partial charge in [-0.2, -0.15) is 9.97 Å². The number of nitrogens with one attached hydrogen (secondary N) is 3. The molecule has 166 valence electrons. The van der Waals surface area contributed by atoms with Gasteiger partial charge in [-0.3, -0.25) is 14.9 Å². The van der Waals surface area contributed by atoms with Crippen LogP contribution >= 0.6 is 0 Å². The van der Waals surface area contributed by atoms with Crippen LogP contribution in [0.1, 0.15) is 10.4 Å². The summed E-state index contributed by atoms with van der Waals surface area (Å²) in [7, 11) is 0.991. The third kappa shape index (κ3) is 6.78. The Labute approximate surface area is 206 Å². The van der Waals surface area contributed by atoms with E-state index < -0.39 is 26.9 Å². The number of rotatable bonds is 8. The number of anilines is 2. The molecule has 0 unspecified atom stereocenters. The molecule has 15 heteroatoms. The van der Waals surface area contributed by atoms with Gasteiger partial charge in [-0.25, -0.2) is 17.9 Å². The van der Waals surface area contributed by atoms with Gasteiger partial charge >= 0.3 is 35.6 Å². The monoisotopic (exact) mass is 475 g/mol. The van der Waals surface area contributed by atoms with Crippen LogP contribution in [-0.2, 0) is 14.8 Å². The summed E-state index contributed by atoms with van der Waals surface area (Å²) in [5, 5.41) is 4.44. The SMILES string of the molecule is COc1cc(OC)nc(NC(=O)NS(=O)(=O)c2cc(NC=O)ccc2C(=O)N(C)C)n1.[Na+]. The van der Waals surface area contributed by atoms with Crippen molar-refractivity contribution < 1.29 is 61.8 Å². The van der Waals surface area contributed by atoms with Crippen molar-refractivity contribution in [2.45, 2.75) is 4.90 Å². The Morgan fingerprint density at radius 1 is 1.06 bits per heavy atom. The Balaban J connectivity index is 0.00000512. The summed E-state index contributed by atoms with van der Waals surface area (Å²) in [6, 6.07) is 3.76. The van der Waals surface area contributed by atoms with Crippen molar-refractivity contribution in [1.82, 2.24) is 19.6 Å². The van der Waals surface area contributed by atoms with Crippen molar-refractivity contribution in [3.8, 4) is 11.8 Å². The van der Waals surface area contributed by atoms with Crippen LogP contribution in [-0.4, -0.2) is 69.9 Å². The summed E-state index contributed by atoms with van der Waals surface area (Å²) >= 11 is 0. The van der Waals surface area contributed by atoms with E-state index >= 15 is 0 Å². The van der Waals surface area contributed by atoms with E-state index in [1.54, 1.807) is 4.72 Å². The first kappa shape index (κ1) is 27.1. The molecule has 0 aliphatic heterocycles. The van der Waals surface area contributed by atoms with E-state index in [4.69, 9.17) is 9.47 Å². The van der Waals surface area contributed by atoms with E-state index in [1.807, 2.05) is 0 Å². The van der Waals surface area contributed by atoms with Gasteiger partial charge in [0.25, 0.3) is 15.9 Å². The predicted octanol–water partition coefficient (Wildman–Crippen LogP) is -2.72. The molecule has 0 atom stereocenters. The van der Waals surface area contributed by atoms with Crippen LogP contribution in [0.3, 0.4) is 0 Å². The number of carbonyl (C=O) groups excluding carboxylic acids is 3. The summed E-state index contributed by atoms with van der Waals surface area (Å²) < 4.78 is 37.3. The minimum absolute atomic E-state index is 0. The second-order valence-electron chi connectivity index (χ2n) is 6.01. The first-order chi connectivity index (χ1) is 14.6. The van der Waals surface area contributed by atoms with Crippen LogP contribution < -0.4 is 54.4 Å². The maximum absolute atomic E-state index is 12.8. The fourth-order valence-corrected chi connectivity index (χ4v) is 3.43. The summed E-state index contributed by atoms with van der Waals surface area (Å²) in [5.41, 5.74) is -0.104. The molecule has 0 spiro atoms. The molecule has 0 bridgehead atoms. The summed E-state index contributed by atoms with van der Waals surface area (Å²) in [6.07, 6.45) is 0.340. The Morgan fingerprint density at radius 2 is 1.66 bits per heavy atom. The molecule has 0 fully saturated rings. The molecule has 13 nitrogen and oxygen atoms in total. The number of hydrogen-bond donors (Lipinski definition) is 3. The smallest absolute Gasteiger partial charge is 0.481 e. The second kappa shape index (κ2) is 11.6. The molecule has 0 aliphatic carbocycles. The third-order valence-electron chi connectivity index (χ3n) is 3.68. The van der Waals surface area contributed by atoms with Gasteiger partial charge in [0.05, 0.1) is 25.8 Å². The molecular weight excluding hydrogens is 455 g/mol. The number of methoxy groups -OCH3 is 2. The molecule has 32 heavy (non-hydrogen) atoms. The van der Waals surface area contributed by atoms with E-state index in [-0.39, 0.29) is 58.5 Å². The zero-order valence-corrected chi connectivity index (χ0v) is 20.8. The van der Waals surface area contributed by atoms with Crippen molar-refractivity contribution in [2.75, 3.05) is 38.9 Å². The number of nitrogens with zero attached hydrogens (tertiary/aromatic N) is 3. The Morgan fingerprint density at radius 3 is 2.16 bits per heavy atom. The van der Waals surface area contributed by atoms with E-state index in [9.17, 15) is 22.8 Å². The van der Waals surface area contributed by atoms with Gasteiger partial charge in [0.1, 0.15) is 4.90 Å². The maximum atomic E-state index is 12.8. The van der Waals surface area contributed by atoms with E-state index in [0.717, 1.165) is 11.0 Å². The Kier molecular flexibility index (Phi) is 9.83. The molecular formula is C17H20N6NaO7S+. The van der Waals surface area contributed by atoms with Crippen LogP contribution in [0.5, 0.6) is 11.8 Å². The number of sulfonamides is 1. The van der Waals surface area contributed by atoms with Crippen molar-refractivity contribution in [2.24, 2.45) is 0 Å². The first-order valence-corrected chi connectivity index (χ1v) is 9.96. The normalized spacial score (nSPS) is 10.2. The van der Waals surface area contributed by atoms with Crippen LogP contribution in [0.4, 0.5) is 16.4 Å². The van der Waals surface area contributed by atoms with Gasteiger partial charge in [-0.15, -0.1) is 0 Å². The number of hydrogen-bond acceptors (Lipinski definition) is 9. The largest absolute Gasteiger partial charge is 1.00 e.